The number of para-hydroxylation sites is 1. The summed E-state index contributed by atoms with van der Waals surface area (Å²) < 4.78 is 19.9. The fraction of sp³-hybridized carbons (Fsp3) is 0.125. The highest BCUT2D eigenvalue weighted by atomic mass is 19.1. The van der Waals surface area contributed by atoms with Gasteiger partial charge >= 0.3 is 0 Å². The molecule has 96 valence electrons. The van der Waals surface area contributed by atoms with E-state index in [0.29, 0.717) is 17.7 Å². The van der Waals surface area contributed by atoms with Crippen LogP contribution in [0.5, 0.6) is 0 Å². The van der Waals surface area contributed by atoms with Gasteiger partial charge in [0.1, 0.15) is 17.2 Å². The standard InChI is InChI=1S/C16H14FNO/c1-2-14-16(11-8-7-10(18)9-13(11)17)12-5-3-4-6-15(12)19-14/h3-9H,2,18H2,1H3. The molecule has 0 aliphatic rings. The van der Waals surface area contributed by atoms with Gasteiger partial charge in [-0.15, -0.1) is 0 Å². The number of nitrogen functional groups attached to an aromatic ring is 1. The molecule has 1 aromatic heterocycles. The smallest absolute Gasteiger partial charge is 0.134 e. The minimum absolute atomic E-state index is 0.318. The third kappa shape index (κ3) is 1.87. The van der Waals surface area contributed by atoms with E-state index in [2.05, 4.69) is 0 Å². The monoisotopic (exact) mass is 255 g/mol. The molecule has 0 fully saturated rings. The maximum absolute atomic E-state index is 14.1. The second-order valence-corrected chi connectivity index (χ2v) is 4.49. The van der Waals surface area contributed by atoms with Crippen LogP contribution in [0.3, 0.4) is 0 Å². The molecule has 0 atom stereocenters. The van der Waals surface area contributed by atoms with Gasteiger partial charge in [0.15, 0.2) is 0 Å². The molecule has 2 nitrogen and oxygen atoms in total. The molecule has 0 amide bonds. The van der Waals surface area contributed by atoms with E-state index >= 15 is 0 Å². The van der Waals surface area contributed by atoms with Gasteiger partial charge in [-0.3, -0.25) is 0 Å². The maximum Gasteiger partial charge on any atom is 0.134 e. The van der Waals surface area contributed by atoms with E-state index in [4.69, 9.17) is 10.2 Å². The molecule has 3 aromatic rings. The third-order valence-corrected chi connectivity index (χ3v) is 3.25. The van der Waals surface area contributed by atoms with Crippen molar-refractivity contribution in [1.29, 1.82) is 0 Å². The summed E-state index contributed by atoms with van der Waals surface area (Å²) in [6, 6.07) is 12.4. The predicted octanol–water partition coefficient (Wildman–Crippen LogP) is 4.38. The summed E-state index contributed by atoms with van der Waals surface area (Å²) in [5.41, 5.74) is 8.17. The van der Waals surface area contributed by atoms with Gasteiger partial charge in [-0.2, -0.15) is 0 Å². The molecule has 2 N–H and O–H groups in total. The van der Waals surface area contributed by atoms with E-state index in [1.807, 2.05) is 31.2 Å². The van der Waals surface area contributed by atoms with E-state index in [0.717, 1.165) is 22.3 Å². The van der Waals surface area contributed by atoms with E-state index < -0.39 is 0 Å². The molecule has 0 saturated carbocycles. The number of hydrogen-bond acceptors (Lipinski definition) is 2. The van der Waals surface area contributed by atoms with Crippen LogP contribution in [-0.2, 0) is 6.42 Å². The zero-order chi connectivity index (χ0) is 13.4. The van der Waals surface area contributed by atoms with Gasteiger partial charge in [0.25, 0.3) is 0 Å². The topological polar surface area (TPSA) is 39.2 Å². The number of hydrogen-bond donors (Lipinski definition) is 1. The minimum Gasteiger partial charge on any atom is -0.460 e. The summed E-state index contributed by atoms with van der Waals surface area (Å²) in [4.78, 5) is 0. The number of benzene rings is 2. The lowest BCUT2D eigenvalue weighted by atomic mass is 10.00. The number of nitrogens with two attached hydrogens (primary N) is 1. The first kappa shape index (κ1) is 11.8. The molecule has 1 heterocycles. The molecular weight excluding hydrogens is 241 g/mol. The number of anilines is 1. The average molecular weight is 255 g/mol. The number of aryl methyl sites for hydroxylation is 1. The molecule has 0 radical (unpaired) electrons. The van der Waals surface area contributed by atoms with Gasteiger partial charge in [-0.1, -0.05) is 25.1 Å². The van der Waals surface area contributed by atoms with Crippen molar-refractivity contribution < 1.29 is 8.81 Å². The van der Waals surface area contributed by atoms with Gasteiger partial charge < -0.3 is 10.2 Å². The van der Waals surface area contributed by atoms with Crippen LogP contribution in [0.25, 0.3) is 22.1 Å². The predicted molar refractivity (Wildman–Crippen MR) is 75.4 cm³/mol. The lowest BCUT2D eigenvalue weighted by Gasteiger charge is -2.04. The van der Waals surface area contributed by atoms with Crippen LogP contribution in [0, 0.1) is 5.82 Å². The van der Waals surface area contributed by atoms with Crippen LogP contribution in [0.4, 0.5) is 10.1 Å². The van der Waals surface area contributed by atoms with Crippen LogP contribution < -0.4 is 5.73 Å². The molecule has 2 aromatic carbocycles. The van der Waals surface area contributed by atoms with E-state index in [1.54, 1.807) is 12.1 Å². The van der Waals surface area contributed by atoms with E-state index in [-0.39, 0.29) is 5.82 Å². The second-order valence-electron chi connectivity index (χ2n) is 4.49. The van der Waals surface area contributed by atoms with Gasteiger partial charge in [-0.25, -0.2) is 4.39 Å². The van der Waals surface area contributed by atoms with E-state index in [1.165, 1.54) is 6.07 Å². The highest BCUT2D eigenvalue weighted by Gasteiger charge is 2.17. The minimum atomic E-state index is -0.318. The zero-order valence-electron chi connectivity index (χ0n) is 10.6. The van der Waals surface area contributed by atoms with Crippen molar-refractivity contribution >= 4 is 16.7 Å². The Hall–Kier alpha value is -2.29. The molecular formula is C16H14FNO. The molecule has 0 unspecified atom stereocenters. The van der Waals surface area contributed by atoms with Crippen LogP contribution in [0.2, 0.25) is 0 Å². The van der Waals surface area contributed by atoms with Crippen molar-refractivity contribution in [3.8, 4) is 11.1 Å². The quantitative estimate of drug-likeness (QED) is 0.690. The second kappa shape index (κ2) is 4.43. The average Bonchev–Trinajstić information content (AvgIpc) is 2.77. The molecule has 0 aliphatic heterocycles. The number of halogens is 1. The Bertz CT molecular complexity index is 746. The summed E-state index contributed by atoms with van der Waals surface area (Å²) >= 11 is 0. The van der Waals surface area contributed by atoms with Gasteiger partial charge in [0.2, 0.25) is 0 Å². The van der Waals surface area contributed by atoms with Gasteiger partial charge in [0, 0.05) is 28.6 Å². The number of rotatable bonds is 2. The maximum atomic E-state index is 14.1. The summed E-state index contributed by atoms with van der Waals surface area (Å²) in [6.45, 7) is 2.00. The zero-order valence-corrected chi connectivity index (χ0v) is 10.6. The van der Waals surface area contributed by atoms with Crippen LogP contribution in [-0.4, -0.2) is 0 Å². The van der Waals surface area contributed by atoms with Crippen LogP contribution in [0.1, 0.15) is 12.7 Å². The Labute approximate surface area is 110 Å². The Morgan fingerprint density at radius 3 is 2.68 bits per heavy atom. The fourth-order valence-corrected chi connectivity index (χ4v) is 2.37. The molecule has 3 heteroatoms. The third-order valence-electron chi connectivity index (χ3n) is 3.25. The summed E-state index contributed by atoms with van der Waals surface area (Å²) in [6.07, 6.45) is 0.716. The normalized spacial score (nSPS) is 11.1. The first-order valence-corrected chi connectivity index (χ1v) is 6.26. The lowest BCUT2D eigenvalue weighted by Crippen LogP contribution is -1.91. The Morgan fingerprint density at radius 2 is 1.95 bits per heavy atom. The molecule has 19 heavy (non-hydrogen) atoms. The first-order valence-electron chi connectivity index (χ1n) is 6.26. The molecule has 0 bridgehead atoms. The van der Waals surface area contributed by atoms with Crippen molar-refractivity contribution in [2.24, 2.45) is 0 Å². The highest BCUT2D eigenvalue weighted by molar-refractivity contribution is 5.96. The molecule has 0 spiro atoms. The van der Waals surface area contributed by atoms with Crippen LogP contribution in [0.15, 0.2) is 46.9 Å². The summed E-state index contributed by atoms with van der Waals surface area (Å²) in [7, 11) is 0. The lowest BCUT2D eigenvalue weighted by molar-refractivity contribution is 0.557. The van der Waals surface area contributed by atoms with Crippen molar-refractivity contribution in [2.45, 2.75) is 13.3 Å². The van der Waals surface area contributed by atoms with Crippen LogP contribution >= 0.6 is 0 Å². The van der Waals surface area contributed by atoms with Crippen molar-refractivity contribution in [3.05, 3.63) is 54.0 Å². The first-order chi connectivity index (χ1) is 9.20. The summed E-state index contributed by atoms with van der Waals surface area (Å²) in [5.74, 6) is 0.478. The van der Waals surface area contributed by atoms with Gasteiger partial charge in [-0.05, 0) is 24.3 Å². The molecule has 0 saturated heterocycles. The van der Waals surface area contributed by atoms with Gasteiger partial charge in [0.05, 0.1) is 0 Å². The van der Waals surface area contributed by atoms with E-state index in [9.17, 15) is 4.39 Å². The SMILES string of the molecule is CCc1oc2ccccc2c1-c1ccc(N)cc1F. The Kier molecular flexibility index (Phi) is 2.75. The summed E-state index contributed by atoms with van der Waals surface area (Å²) in [5, 5.41) is 0.933. The van der Waals surface area contributed by atoms with Crippen molar-refractivity contribution in [1.82, 2.24) is 0 Å². The van der Waals surface area contributed by atoms with Crippen molar-refractivity contribution in [2.75, 3.05) is 5.73 Å². The largest absolute Gasteiger partial charge is 0.460 e. The highest BCUT2D eigenvalue weighted by Crippen LogP contribution is 2.36. The Morgan fingerprint density at radius 1 is 1.16 bits per heavy atom. The Balaban J connectivity index is 2.34. The fourth-order valence-electron chi connectivity index (χ4n) is 2.37. The number of fused-ring (bicyclic) bond motifs is 1. The van der Waals surface area contributed by atoms with Crippen molar-refractivity contribution in [3.63, 3.8) is 0 Å². The number of furan rings is 1. The molecule has 0 aliphatic carbocycles. The molecule has 3 rings (SSSR count).